The summed E-state index contributed by atoms with van der Waals surface area (Å²) in [5, 5.41) is 15.4. The molecule has 35 heavy (non-hydrogen) atoms. The molecule has 0 saturated carbocycles. The highest BCUT2D eigenvalue weighted by atomic mass is 32.1. The Hall–Kier alpha value is -2.96. The molecule has 1 saturated heterocycles. The first kappa shape index (κ1) is 25.1. The number of nitrogens with two attached hydrogens (primary N) is 2. The number of nitrogens with one attached hydrogen (secondary N) is 1. The Balaban J connectivity index is 1.48. The average molecular weight is 499 g/mol. The van der Waals surface area contributed by atoms with Gasteiger partial charge in [0, 0.05) is 30.7 Å². The molecule has 0 bridgehead atoms. The number of nitrogen functional groups attached to an aromatic ring is 1. The van der Waals surface area contributed by atoms with Gasteiger partial charge in [0.1, 0.15) is 11.8 Å². The Bertz CT molecular complexity index is 1100. The number of hydrogen-bond acceptors (Lipinski definition) is 9. The van der Waals surface area contributed by atoms with E-state index >= 15 is 0 Å². The van der Waals surface area contributed by atoms with E-state index in [0.717, 1.165) is 18.4 Å². The lowest BCUT2D eigenvalue weighted by atomic mass is 9.64. The zero-order chi connectivity index (χ0) is 25.1. The van der Waals surface area contributed by atoms with E-state index in [2.05, 4.69) is 10.3 Å². The molecule has 2 aliphatic heterocycles. The predicted octanol–water partition coefficient (Wildman–Crippen LogP) is 1.79. The molecule has 2 aliphatic rings. The van der Waals surface area contributed by atoms with Crippen molar-refractivity contribution in [2.24, 2.45) is 11.7 Å². The van der Waals surface area contributed by atoms with Gasteiger partial charge in [0.2, 0.25) is 0 Å². The average Bonchev–Trinajstić information content (AvgIpc) is 3.28. The van der Waals surface area contributed by atoms with Gasteiger partial charge in [-0.2, -0.15) is 0 Å². The molecule has 12 heteroatoms. The highest BCUT2D eigenvalue weighted by Gasteiger charge is 2.39. The Labute approximate surface area is 208 Å². The number of fused-ring (bicyclic) bond motifs is 1. The highest BCUT2D eigenvalue weighted by Crippen LogP contribution is 2.37. The van der Waals surface area contributed by atoms with Crippen LogP contribution in [-0.4, -0.2) is 59.3 Å². The maximum atomic E-state index is 13.4. The summed E-state index contributed by atoms with van der Waals surface area (Å²) < 4.78 is 5.67. The number of anilines is 1. The Kier molecular flexibility index (Phi) is 7.73. The van der Waals surface area contributed by atoms with Gasteiger partial charge in [0.15, 0.2) is 16.7 Å². The standard InChI is InChI=1S/C23H30BN5O5S/c1-13(30)17-4-2-3-15-9-16(24(33)34-21(15)17)10-19(31)20(18-12-35-22(26)27-18)28-23(32)29-7-5-14(11-25)6-8-29/h2-4,12,14,16,20,33H,5-11,25H2,1H3,(H2,26,27)(H,28,32)/t16-,20?/m1/s1. The van der Waals surface area contributed by atoms with Crippen LogP contribution in [0.25, 0.3) is 0 Å². The fourth-order valence-corrected chi connectivity index (χ4v) is 5.24. The Morgan fingerprint density at radius 2 is 2.09 bits per heavy atom. The summed E-state index contributed by atoms with van der Waals surface area (Å²) in [5.41, 5.74) is 13.1. The molecule has 0 radical (unpaired) electrons. The lowest BCUT2D eigenvalue weighted by Crippen LogP contribution is -2.48. The van der Waals surface area contributed by atoms with Crippen molar-refractivity contribution in [3.8, 4) is 5.75 Å². The molecule has 2 aromatic rings. The van der Waals surface area contributed by atoms with Crippen molar-refractivity contribution >= 4 is 41.2 Å². The topological polar surface area (TPSA) is 161 Å². The van der Waals surface area contributed by atoms with Crippen molar-refractivity contribution in [3.63, 3.8) is 0 Å². The number of hydrogen-bond donors (Lipinski definition) is 4. The molecule has 1 unspecified atom stereocenters. The second-order valence-electron chi connectivity index (χ2n) is 9.15. The van der Waals surface area contributed by atoms with Crippen molar-refractivity contribution < 1.29 is 24.1 Å². The Morgan fingerprint density at radius 3 is 2.71 bits per heavy atom. The van der Waals surface area contributed by atoms with Crippen molar-refractivity contribution in [2.75, 3.05) is 25.4 Å². The Morgan fingerprint density at radius 1 is 1.34 bits per heavy atom. The van der Waals surface area contributed by atoms with Gasteiger partial charge in [-0.3, -0.25) is 9.59 Å². The van der Waals surface area contributed by atoms with Gasteiger partial charge in [0.05, 0.1) is 11.3 Å². The molecule has 3 heterocycles. The SMILES string of the molecule is CC(=O)c1cccc2c1OB(O)[C@@H](CC(=O)C(NC(=O)N1CCC(CN)CC1)c1csc(N)n1)C2. The summed E-state index contributed by atoms with van der Waals surface area (Å²) >= 11 is 1.19. The van der Waals surface area contributed by atoms with Crippen molar-refractivity contribution in [1.82, 2.24) is 15.2 Å². The molecule has 1 aromatic heterocycles. The first-order valence-electron chi connectivity index (χ1n) is 11.7. The molecule has 1 fully saturated rings. The van der Waals surface area contributed by atoms with Gasteiger partial charge in [0.25, 0.3) is 0 Å². The van der Waals surface area contributed by atoms with Crippen LogP contribution in [0.15, 0.2) is 23.6 Å². The first-order chi connectivity index (χ1) is 16.8. The summed E-state index contributed by atoms with van der Waals surface area (Å²) in [4.78, 5) is 44.2. The zero-order valence-electron chi connectivity index (χ0n) is 19.6. The number of urea groups is 1. The number of rotatable bonds is 7. The highest BCUT2D eigenvalue weighted by molar-refractivity contribution is 7.13. The largest absolute Gasteiger partial charge is 0.535 e. The zero-order valence-corrected chi connectivity index (χ0v) is 20.4. The predicted molar refractivity (Wildman–Crippen MR) is 133 cm³/mol. The fourth-order valence-electron chi connectivity index (χ4n) is 4.65. The van der Waals surface area contributed by atoms with Gasteiger partial charge >= 0.3 is 13.1 Å². The number of piperidine rings is 1. The molecule has 186 valence electrons. The summed E-state index contributed by atoms with van der Waals surface area (Å²) in [7, 11) is -1.26. The molecule has 2 amide bonds. The van der Waals surface area contributed by atoms with Crippen LogP contribution in [0.2, 0.25) is 5.82 Å². The summed E-state index contributed by atoms with van der Waals surface area (Å²) in [5.74, 6) is -0.265. The maximum Gasteiger partial charge on any atom is 0.526 e. The van der Waals surface area contributed by atoms with Crippen LogP contribution in [0.3, 0.4) is 0 Å². The number of ketones is 2. The second kappa shape index (κ2) is 10.8. The van der Waals surface area contributed by atoms with Crippen LogP contribution in [0.4, 0.5) is 9.93 Å². The summed E-state index contributed by atoms with van der Waals surface area (Å²) in [6.45, 7) is 3.17. The van der Waals surface area contributed by atoms with E-state index in [1.807, 2.05) is 6.07 Å². The molecule has 6 N–H and O–H groups in total. The third-order valence-electron chi connectivity index (χ3n) is 6.72. The summed E-state index contributed by atoms with van der Waals surface area (Å²) in [6, 6.07) is 3.87. The van der Waals surface area contributed by atoms with Crippen molar-refractivity contribution in [2.45, 2.75) is 44.5 Å². The molecular weight excluding hydrogens is 469 g/mol. The number of nitrogens with zero attached hydrogens (tertiary/aromatic N) is 2. The van der Waals surface area contributed by atoms with E-state index in [9.17, 15) is 19.4 Å². The van der Waals surface area contributed by atoms with Gasteiger partial charge in [-0.1, -0.05) is 12.1 Å². The first-order valence-corrected chi connectivity index (χ1v) is 12.6. The van der Waals surface area contributed by atoms with Crippen LogP contribution in [0, 0.1) is 5.92 Å². The van der Waals surface area contributed by atoms with E-state index in [4.69, 9.17) is 16.1 Å². The molecule has 4 rings (SSSR count). The monoisotopic (exact) mass is 499 g/mol. The lowest BCUT2D eigenvalue weighted by Gasteiger charge is -2.33. The quantitative estimate of drug-likeness (QED) is 0.331. The van der Waals surface area contributed by atoms with E-state index < -0.39 is 19.0 Å². The number of likely N-dealkylation sites (tertiary alicyclic amines) is 1. The number of Topliss-reactive ketones (excluding diaryl/α,β-unsaturated/α-hetero) is 2. The molecule has 0 spiro atoms. The normalized spacial score (nSPS) is 19.0. The van der Waals surface area contributed by atoms with Gasteiger partial charge in [-0.25, -0.2) is 9.78 Å². The fraction of sp³-hybridized carbons (Fsp3) is 0.478. The molecule has 1 aromatic carbocycles. The molecular formula is C23H30BN5O5S. The number of amides is 2. The maximum absolute atomic E-state index is 13.4. The number of para-hydroxylation sites is 1. The minimum atomic E-state index is -1.26. The van der Waals surface area contributed by atoms with Crippen LogP contribution in [0.5, 0.6) is 5.75 Å². The van der Waals surface area contributed by atoms with Gasteiger partial charge in [-0.05, 0) is 50.3 Å². The van der Waals surface area contributed by atoms with E-state index in [1.165, 1.54) is 18.3 Å². The van der Waals surface area contributed by atoms with Crippen molar-refractivity contribution in [3.05, 3.63) is 40.4 Å². The van der Waals surface area contributed by atoms with Crippen LogP contribution < -0.4 is 21.4 Å². The molecule has 2 atom stereocenters. The number of carbonyl (C=O) groups excluding carboxylic acids is 3. The third kappa shape index (κ3) is 5.66. The van der Waals surface area contributed by atoms with Gasteiger partial charge < -0.3 is 31.4 Å². The number of benzene rings is 1. The van der Waals surface area contributed by atoms with Crippen molar-refractivity contribution in [1.29, 1.82) is 0 Å². The minimum Gasteiger partial charge on any atom is -0.535 e. The molecule has 0 aliphatic carbocycles. The van der Waals surface area contributed by atoms with Crippen LogP contribution >= 0.6 is 11.3 Å². The van der Waals surface area contributed by atoms with E-state index in [-0.39, 0.29) is 24.0 Å². The minimum absolute atomic E-state index is 0.0530. The molecule has 10 nitrogen and oxygen atoms in total. The van der Waals surface area contributed by atoms with Crippen LogP contribution in [0.1, 0.15) is 53.8 Å². The third-order valence-corrected chi connectivity index (χ3v) is 7.42. The lowest BCUT2D eigenvalue weighted by molar-refractivity contribution is -0.121. The van der Waals surface area contributed by atoms with Gasteiger partial charge in [-0.15, -0.1) is 11.3 Å². The van der Waals surface area contributed by atoms with Crippen LogP contribution in [-0.2, 0) is 11.2 Å². The number of carbonyl (C=O) groups is 3. The number of aromatic nitrogens is 1. The van der Waals surface area contributed by atoms with E-state index in [1.54, 1.807) is 22.4 Å². The number of thiazole rings is 1. The second-order valence-corrected chi connectivity index (χ2v) is 10.0. The summed E-state index contributed by atoms with van der Waals surface area (Å²) in [6.07, 6.45) is 1.94. The van der Waals surface area contributed by atoms with E-state index in [0.29, 0.717) is 54.1 Å². The smallest absolute Gasteiger partial charge is 0.526 e.